The van der Waals surface area contributed by atoms with Crippen LogP contribution < -0.4 is 5.32 Å². The molecule has 0 aromatic heterocycles. The summed E-state index contributed by atoms with van der Waals surface area (Å²) in [4.78, 5) is 43.0. The van der Waals surface area contributed by atoms with Crippen LogP contribution in [0, 0.1) is 11.8 Å². The number of aliphatic hydroxyl groups excluding tert-OH is 1. The van der Waals surface area contributed by atoms with Crippen LogP contribution in [-0.2, 0) is 23.9 Å². The van der Waals surface area contributed by atoms with Crippen molar-refractivity contribution < 1.29 is 29.0 Å². The van der Waals surface area contributed by atoms with E-state index >= 15 is 0 Å². The van der Waals surface area contributed by atoms with Crippen LogP contribution in [-0.4, -0.2) is 58.2 Å². The topological polar surface area (TPSA) is 105 Å². The molecule has 2 bridgehead atoms. The van der Waals surface area contributed by atoms with Gasteiger partial charge in [0, 0.05) is 10.7 Å². The van der Waals surface area contributed by atoms with Gasteiger partial charge >= 0.3 is 5.97 Å². The van der Waals surface area contributed by atoms with E-state index in [1.165, 1.54) is 4.90 Å². The molecule has 0 radical (unpaired) electrons. The molecule has 196 valence electrons. The second kappa shape index (κ2) is 9.74. The summed E-state index contributed by atoms with van der Waals surface area (Å²) >= 11 is 6.01. The average Bonchev–Trinajstić information content (AvgIpc) is 3.51. The molecule has 37 heavy (non-hydrogen) atoms. The molecule has 3 fully saturated rings. The third-order valence-corrected chi connectivity index (χ3v) is 8.46. The summed E-state index contributed by atoms with van der Waals surface area (Å²) in [6, 6.07) is 13.9. The molecule has 3 aliphatic rings. The number of carbonyl (C=O) groups is 3. The predicted molar refractivity (Wildman–Crippen MR) is 137 cm³/mol. The highest BCUT2D eigenvalue weighted by molar-refractivity contribution is 6.30. The second-order valence-corrected chi connectivity index (χ2v) is 10.4. The summed E-state index contributed by atoms with van der Waals surface area (Å²) in [5.74, 6) is -3.02. The van der Waals surface area contributed by atoms with Crippen LogP contribution >= 0.6 is 11.6 Å². The van der Waals surface area contributed by atoms with Crippen LogP contribution in [0.15, 0.2) is 54.6 Å². The summed E-state index contributed by atoms with van der Waals surface area (Å²) in [7, 11) is 0. The number of fused-ring (bicyclic) bond motifs is 1. The summed E-state index contributed by atoms with van der Waals surface area (Å²) in [5.41, 5.74) is -0.893. The fourth-order valence-electron chi connectivity index (χ4n) is 6.66. The van der Waals surface area contributed by atoms with Gasteiger partial charge in [-0.15, -0.1) is 0 Å². The van der Waals surface area contributed by atoms with Crippen LogP contribution in [0.2, 0.25) is 5.02 Å². The first kappa shape index (κ1) is 25.7. The molecule has 2 aromatic rings. The van der Waals surface area contributed by atoms with Gasteiger partial charge in [0.25, 0.3) is 0 Å². The molecule has 5 rings (SSSR count). The van der Waals surface area contributed by atoms with E-state index < -0.39 is 53.6 Å². The number of hydrogen-bond donors (Lipinski definition) is 2. The highest BCUT2D eigenvalue weighted by Crippen LogP contribution is 2.65. The number of carbonyl (C=O) groups excluding carboxylic acids is 3. The number of aliphatic hydroxyl groups is 1. The van der Waals surface area contributed by atoms with Crippen molar-refractivity contribution in [3.05, 3.63) is 65.2 Å². The first-order valence-corrected chi connectivity index (χ1v) is 13.1. The molecule has 9 heteroatoms. The molecule has 2 unspecified atom stereocenters. The molecular formula is C28H31ClN2O6. The van der Waals surface area contributed by atoms with Crippen molar-refractivity contribution in [2.75, 3.05) is 18.5 Å². The third kappa shape index (κ3) is 3.93. The number of ether oxygens (including phenoxy) is 2. The first-order valence-electron chi connectivity index (χ1n) is 12.7. The van der Waals surface area contributed by atoms with Gasteiger partial charge in [0.05, 0.1) is 30.8 Å². The van der Waals surface area contributed by atoms with E-state index in [-0.39, 0.29) is 12.5 Å². The fraction of sp³-hybridized carbons (Fsp3) is 0.464. The lowest BCUT2D eigenvalue weighted by atomic mass is 9.65. The van der Waals surface area contributed by atoms with Gasteiger partial charge in [0.15, 0.2) is 0 Å². The molecule has 6 atom stereocenters. The Labute approximate surface area is 220 Å². The van der Waals surface area contributed by atoms with Crippen LogP contribution in [0.5, 0.6) is 0 Å². The Balaban J connectivity index is 1.62. The Morgan fingerprint density at radius 1 is 1.16 bits per heavy atom. The number of halogens is 1. The molecule has 2 aromatic carbocycles. The Kier molecular flexibility index (Phi) is 6.77. The van der Waals surface area contributed by atoms with Gasteiger partial charge < -0.3 is 24.8 Å². The number of nitrogens with one attached hydrogen (secondary N) is 1. The third-order valence-electron chi connectivity index (χ3n) is 8.21. The Hall–Kier alpha value is -2.94. The van der Waals surface area contributed by atoms with E-state index in [2.05, 4.69) is 5.32 Å². The SMILES string of the molecule is CCOC(=O)[C@@H]1[C@H]2C(=O)N([C@H](CO)c3ccccc3)C(C(=O)Nc3ccc(Cl)cc3)C23CC[C@@]1(CC)O3. The summed E-state index contributed by atoms with van der Waals surface area (Å²) in [6.07, 6.45) is 1.48. The lowest BCUT2D eigenvalue weighted by molar-refractivity contribution is -0.161. The molecular weight excluding hydrogens is 496 g/mol. The van der Waals surface area contributed by atoms with E-state index in [9.17, 15) is 19.5 Å². The highest BCUT2D eigenvalue weighted by Gasteiger charge is 2.79. The van der Waals surface area contributed by atoms with Gasteiger partial charge in [-0.05, 0) is 56.0 Å². The molecule has 3 heterocycles. The van der Waals surface area contributed by atoms with Crippen LogP contribution in [0.4, 0.5) is 5.69 Å². The van der Waals surface area contributed by atoms with E-state index in [0.717, 1.165) is 0 Å². The van der Waals surface area contributed by atoms with E-state index in [1.807, 2.05) is 37.3 Å². The summed E-state index contributed by atoms with van der Waals surface area (Å²) in [5, 5.41) is 13.9. The first-order chi connectivity index (χ1) is 17.8. The molecule has 2 N–H and O–H groups in total. The normalized spacial score (nSPS) is 30.8. The number of esters is 1. The maximum absolute atomic E-state index is 14.3. The summed E-state index contributed by atoms with van der Waals surface area (Å²) in [6.45, 7) is 3.43. The summed E-state index contributed by atoms with van der Waals surface area (Å²) < 4.78 is 12.1. The molecule has 2 amide bonds. The van der Waals surface area contributed by atoms with E-state index in [0.29, 0.717) is 35.5 Å². The number of benzene rings is 2. The molecule has 0 aliphatic carbocycles. The lowest BCUT2D eigenvalue weighted by Gasteiger charge is -2.37. The smallest absolute Gasteiger partial charge is 0.312 e. The molecule has 3 aliphatic heterocycles. The molecule has 3 saturated heterocycles. The van der Waals surface area contributed by atoms with Gasteiger partial charge in [-0.1, -0.05) is 48.9 Å². The van der Waals surface area contributed by atoms with Gasteiger partial charge in [-0.25, -0.2) is 0 Å². The van der Waals surface area contributed by atoms with Crippen molar-refractivity contribution in [2.45, 2.75) is 56.4 Å². The van der Waals surface area contributed by atoms with Crippen molar-refractivity contribution >= 4 is 35.1 Å². The minimum Gasteiger partial charge on any atom is -0.466 e. The standard InChI is InChI=1S/C28H31ClN2O6/c1-3-27-14-15-28(37-27)21(22(27)26(35)36-4-2)25(34)31(20(16-32)17-8-6-5-7-9-17)23(28)24(33)30-19-12-10-18(29)11-13-19/h5-13,20-23,32H,3-4,14-16H2,1-2H3,(H,30,33)/t20-,21+,22+,23?,27-,28?/m1/s1. The van der Waals surface area contributed by atoms with Crippen LogP contribution in [0.3, 0.4) is 0 Å². The zero-order valence-electron chi connectivity index (χ0n) is 20.9. The van der Waals surface area contributed by atoms with Crippen molar-refractivity contribution in [3.63, 3.8) is 0 Å². The molecule has 0 saturated carbocycles. The fourth-order valence-corrected chi connectivity index (χ4v) is 6.78. The molecule has 8 nitrogen and oxygen atoms in total. The monoisotopic (exact) mass is 526 g/mol. The van der Waals surface area contributed by atoms with Crippen molar-refractivity contribution in [1.82, 2.24) is 4.90 Å². The highest BCUT2D eigenvalue weighted by atomic mass is 35.5. The minimum atomic E-state index is -1.22. The quantitative estimate of drug-likeness (QED) is 0.508. The van der Waals surface area contributed by atoms with Crippen molar-refractivity contribution in [2.24, 2.45) is 11.8 Å². The number of nitrogens with zero attached hydrogens (tertiary/aromatic N) is 1. The number of anilines is 1. The van der Waals surface area contributed by atoms with E-state index in [1.54, 1.807) is 31.2 Å². The maximum Gasteiger partial charge on any atom is 0.312 e. The number of hydrogen-bond acceptors (Lipinski definition) is 6. The van der Waals surface area contributed by atoms with E-state index in [4.69, 9.17) is 21.1 Å². The zero-order chi connectivity index (χ0) is 26.4. The predicted octanol–water partition coefficient (Wildman–Crippen LogP) is 3.73. The number of rotatable bonds is 8. The zero-order valence-corrected chi connectivity index (χ0v) is 21.6. The number of amides is 2. The largest absolute Gasteiger partial charge is 0.466 e. The number of likely N-dealkylation sites (tertiary alicyclic amines) is 1. The van der Waals surface area contributed by atoms with Crippen LogP contribution in [0.1, 0.15) is 44.7 Å². The average molecular weight is 527 g/mol. The van der Waals surface area contributed by atoms with Gasteiger partial charge in [-0.3, -0.25) is 14.4 Å². The lowest BCUT2D eigenvalue weighted by Crippen LogP contribution is -2.54. The van der Waals surface area contributed by atoms with Gasteiger partial charge in [-0.2, -0.15) is 0 Å². The maximum atomic E-state index is 14.3. The van der Waals surface area contributed by atoms with Gasteiger partial charge in [0.1, 0.15) is 17.6 Å². The second-order valence-electron chi connectivity index (χ2n) is 9.94. The van der Waals surface area contributed by atoms with Gasteiger partial charge in [0.2, 0.25) is 11.8 Å². The molecule has 1 spiro atoms. The Bertz CT molecular complexity index is 1190. The minimum absolute atomic E-state index is 0.177. The van der Waals surface area contributed by atoms with Crippen molar-refractivity contribution in [3.8, 4) is 0 Å². The Morgan fingerprint density at radius 3 is 2.49 bits per heavy atom. The van der Waals surface area contributed by atoms with Crippen molar-refractivity contribution in [1.29, 1.82) is 0 Å². The van der Waals surface area contributed by atoms with Crippen LogP contribution in [0.25, 0.3) is 0 Å². The Morgan fingerprint density at radius 2 is 1.86 bits per heavy atom.